The summed E-state index contributed by atoms with van der Waals surface area (Å²) in [6.45, 7) is 1.84. The van der Waals surface area contributed by atoms with Crippen molar-refractivity contribution in [2.75, 3.05) is 0 Å². The van der Waals surface area contributed by atoms with Crippen LogP contribution < -0.4 is 0 Å². The number of aliphatic carboxylic acids is 1. The van der Waals surface area contributed by atoms with Gasteiger partial charge < -0.3 is 20.4 Å². The fourth-order valence-corrected chi connectivity index (χ4v) is 2.07. The average molecular weight is 328 g/mol. The second kappa shape index (κ2) is 14.4. The quantitative estimate of drug-likeness (QED) is 0.290. The van der Waals surface area contributed by atoms with Crippen LogP contribution in [0.1, 0.15) is 64.7 Å². The summed E-state index contributed by atoms with van der Waals surface area (Å²) in [7, 11) is 0. The highest BCUT2D eigenvalue weighted by Crippen LogP contribution is 2.09. The van der Waals surface area contributed by atoms with Crippen molar-refractivity contribution in [3.8, 4) is 0 Å². The summed E-state index contributed by atoms with van der Waals surface area (Å²) in [6.07, 6.45) is 11.4. The van der Waals surface area contributed by atoms with E-state index in [-0.39, 0.29) is 6.42 Å². The first-order chi connectivity index (χ1) is 11.0. The lowest BCUT2D eigenvalue weighted by molar-refractivity contribution is -0.137. The van der Waals surface area contributed by atoms with Gasteiger partial charge in [-0.15, -0.1) is 0 Å². The zero-order valence-electron chi connectivity index (χ0n) is 14.1. The molecule has 0 aliphatic rings. The van der Waals surface area contributed by atoms with Gasteiger partial charge in [0.2, 0.25) is 0 Å². The van der Waals surface area contributed by atoms with Gasteiger partial charge in [-0.2, -0.15) is 0 Å². The predicted molar refractivity (Wildman–Crippen MR) is 91.2 cm³/mol. The number of carboxylic acids is 1. The van der Waals surface area contributed by atoms with Gasteiger partial charge in [0.15, 0.2) is 0 Å². The maximum Gasteiger partial charge on any atom is 0.303 e. The van der Waals surface area contributed by atoms with Gasteiger partial charge in [-0.3, -0.25) is 4.79 Å². The van der Waals surface area contributed by atoms with Gasteiger partial charge in [0.05, 0.1) is 18.3 Å². The van der Waals surface area contributed by atoms with Crippen LogP contribution in [0.5, 0.6) is 0 Å². The molecule has 0 heterocycles. The Hall–Kier alpha value is -1.17. The lowest BCUT2D eigenvalue weighted by Gasteiger charge is -2.12. The van der Waals surface area contributed by atoms with Crippen LogP contribution in [0.15, 0.2) is 24.3 Å². The molecule has 0 saturated heterocycles. The Morgan fingerprint density at radius 2 is 1.61 bits per heavy atom. The topological polar surface area (TPSA) is 98.0 Å². The number of carbonyl (C=O) groups is 1. The van der Waals surface area contributed by atoms with E-state index in [1.807, 2.05) is 19.1 Å². The molecule has 0 fully saturated rings. The summed E-state index contributed by atoms with van der Waals surface area (Å²) in [6, 6.07) is 0. The van der Waals surface area contributed by atoms with Gasteiger partial charge >= 0.3 is 5.97 Å². The van der Waals surface area contributed by atoms with Crippen molar-refractivity contribution in [2.24, 2.45) is 0 Å². The summed E-state index contributed by atoms with van der Waals surface area (Å²) in [4.78, 5) is 10.3. The van der Waals surface area contributed by atoms with Gasteiger partial charge in [-0.1, -0.05) is 50.5 Å². The second-order valence-electron chi connectivity index (χ2n) is 5.83. The highest BCUT2D eigenvalue weighted by Gasteiger charge is 2.11. The minimum atomic E-state index is -0.963. The third-order valence-corrected chi connectivity index (χ3v) is 3.65. The first-order valence-corrected chi connectivity index (χ1v) is 8.56. The molecule has 0 spiro atoms. The molecule has 0 saturated carbocycles. The van der Waals surface area contributed by atoms with Crippen LogP contribution in [-0.4, -0.2) is 44.7 Å². The first-order valence-electron chi connectivity index (χ1n) is 8.56. The van der Waals surface area contributed by atoms with E-state index in [2.05, 4.69) is 0 Å². The Morgan fingerprint density at radius 3 is 2.26 bits per heavy atom. The van der Waals surface area contributed by atoms with E-state index in [4.69, 9.17) is 5.11 Å². The highest BCUT2D eigenvalue weighted by atomic mass is 16.4. The number of carboxylic acid groups (broad SMARTS) is 1. The average Bonchev–Trinajstić information content (AvgIpc) is 2.53. The van der Waals surface area contributed by atoms with Crippen molar-refractivity contribution in [1.82, 2.24) is 0 Å². The van der Waals surface area contributed by atoms with E-state index >= 15 is 0 Å². The van der Waals surface area contributed by atoms with Crippen LogP contribution >= 0.6 is 0 Å². The Balaban J connectivity index is 3.61. The first kappa shape index (κ1) is 21.8. The molecule has 23 heavy (non-hydrogen) atoms. The van der Waals surface area contributed by atoms with Crippen molar-refractivity contribution in [3.63, 3.8) is 0 Å². The summed E-state index contributed by atoms with van der Waals surface area (Å²) in [5.74, 6) is -0.729. The van der Waals surface area contributed by atoms with Crippen LogP contribution in [0.25, 0.3) is 0 Å². The van der Waals surface area contributed by atoms with Gasteiger partial charge in [0.25, 0.3) is 0 Å². The number of aliphatic hydroxyl groups is 3. The summed E-state index contributed by atoms with van der Waals surface area (Å²) < 4.78 is 0. The third kappa shape index (κ3) is 14.2. The van der Waals surface area contributed by atoms with Crippen LogP contribution in [-0.2, 0) is 4.79 Å². The minimum Gasteiger partial charge on any atom is -0.481 e. The lowest BCUT2D eigenvalue weighted by atomic mass is 10.1. The molecule has 0 aromatic carbocycles. The maximum atomic E-state index is 10.3. The van der Waals surface area contributed by atoms with Gasteiger partial charge in [0, 0.05) is 6.42 Å². The Morgan fingerprint density at radius 1 is 0.957 bits per heavy atom. The Kier molecular flexibility index (Phi) is 13.7. The molecule has 0 rings (SSSR count). The molecule has 0 aromatic heterocycles. The third-order valence-electron chi connectivity index (χ3n) is 3.65. The smallest absolute Gasteiger partial charge is 0.303 e. The molecule has 0 aromatic rings. The predicted octanol–water partition coefficient (Wildman–Crippen LogP) is 2.80. The maximum absolute atomic E-state index is 10.3. The van der Waals surface area contributed by atoms with E-state index in [9.17, 15) is 20.1 Å². The van der Waals surface area contributed by atoms with E-state index in [1.54, 1.807) is 0 Å². The number of hydrogen-bond donors (Lipinski definition) is 4. The highest BCUT2D eigenvalue weighted by molar-refractivity contribution is 5.66. The molecule has 4 N–H and O–H groups in total. The van der Waals surface area contributed by atoms with E-state index in [0.717, 1.165) is 38.5 Å². The Labute approximate surface area is 139 Å². The molecular formula is C18H32O5. The molecule has 0 unspecified atom stereocenters. The number of rotatable bonds is 14. The van der Waals surface area contributed by atoms with Crippen molar-refractivity contribution in [3.05, 3.63) is 24.3 Å². The molecule has 5 nitrogen and oxygen atoms in total. The van der Waals surface area contributed by atoms with Crippen LogP contribution in [0.3, 0.4) is 0 Å². The van der Waals surface area contributed by atoms with Crippen molar-refractivity contribution in [2.45, 2.75) is 83.0 Å². The zero-order valence-corrected chi connectivity index (χ0v) is 14.1. The zero-order chi connectivity index (χ0) is 17.5. The number of allylic oxidation sites excluding steroid dienone is 1. The van der Waals surface area contributed by atoms with Gasteiger partial charge in [0.1, 0.15) is 0 Å². The minimum absolute atomic E-state index is 0.254. The molecule has 0 aliphatic carbocycles. The molecule has 0 amide bonds. The van der Waals surface area contributed by atoms with Crippen molar-refractivity contribution >= 4 is 5.97 Å². The molecule has 0 radical (unpaired) electrons. The summed E-state index contributed by atoms with van der Waals surface area (Å²) in [5.41, 5.74) is 0. The van der Waals surface area contributed by atoms with Crippen molar-refractivity contribution in [1.29, 1.82) is 0 Å². The number of hydrogen-bond acceptors (Lipinski definition) is 4. The van der Waals surface area contributed by atoms with E-state index in [1.165, 1.54) is 12.2 Å². The van der Waals surface area contributed by atoms with Crippen LogP contribution in [0, 0.1) is 0 Å². The molecule has 5 heteroatoms. The molecule has 134 valence electrons. The lowest BCUT2D eigenvalue weighted by Crippen LogP contribution is -2.23. The fraction of sp³-hybridized carbons (Fsp3) is 0.722. The molecule has 0 bridgehead atoms. The fourth-order valence-electron chi connectivity index (χ4n) is 2.07. The van der Waals surface area contributed by atoms with Gasteiger partial charge in [-0.25, -0.2) is 0 Å². The SMILES string of the molecule is CC[C@H](O)/C=C/[C@@H](O)[C@@H](O)C/C=C\CCCCCCCC(=O)O. The van der Waals surface area contributed by atoms with E-state index < -0.39 is 24.3 Å². The summed E-state index contributed by atoms with van der Waals surface area (Å²) in [5, 5.41) is 37.3. The Bertz CT molecular complexity index is 351. The molecular weight excluding hydrogens is 296 g/mol. The van der Waals surface area contributed by atoms with Crippen molar-refractivity contribution < 1.29 is 25.2 Å². The largest absolute Gasteiger partial charge is 0.481 e. The number of aliphatic hydroxyl groups excluding tert-OH is 3. The van der Waals surface area contributed by atoms with E-state index in [0.29, 0.717) is 12.8 Å². The molecule has 0 aliphatic heterocycles. The second-order valence-corrected chi connectivity index (χ2v) is 5.83. The van der Waals surface area contributed by atoms with Crippen LogP contribution in [0.4, 0.5) is 0 Å². The summed E-state index contributed by atoms with van der Waals surface area (Å²) >= 11 is 0. The number of unbranched alkanes of at least 4 members (excludes halogenated alkanes) is 5. The standard InChI is InChI=1S/C18H32O5/c1-2-15(19)13-14-17(21)16(20)11-9-7-5-3-4-6-8-10-12-18(22)23/h7,9,13-17,19-21H,2-6,8,10-12H2,1H3,(H,22,23)/b9-7-,14-13+/t15-,16-,17+/m0/s1. The van der Waals surface area contributed by atoms with Crippen LogP contribution in [0.2, 0.25) is 0 Å². The monoisotopic (exact) mass is 328 g/mol. The molecule has 3 atom stereocenters. The normalized spacial score (nSPS) is 16.0. The van der Waals surface area contributed by atoms with Gasteiger partial charge in [-0.05, 0) is 32.1 Å².